The lowest BCUT2D eigenvalue weighted by molar-refractivity contribution is 0.0937. The molecule has 0 fully saturated rings. The molecule has 0 atom stereocenters. The number of ether oxygens (including phenoxy) is 1. The van der Waals surface area contributed by atoms with Gasteiger partial charge in [0.05, 0.1) is 11.5 Å². The molecule has 19 heavy (non-hydrogen) atoms. The average Bonchev–Trinajstić information content (AvgIpc) is 2.39. The Morgan fingerprint density at radius 1 is 1.32 bits per heavy atom. The Balaban J connectivity index is 2.80. The van der Waals surface area contributed by atoms with Crippen molar-refractivity contribution in [2.24, 2.45) is 0 Å². The van der Waals surface area contributed by atoms with Crippen molar-refractivity contribution in [3.05, 3.63) is 29.8 Å². The quantitative estimate of drug-likeness (QED) is 0.796. The molecule has 106 valence electrons. The van der Waals surface area contributed by atoms with Gasteiger partial charge in [0.25, 0.3) is 5.91 Å². The molecule has 0 aliphatic rings. The van der Waals surface area contributed by atoms with Crippen LogP contribution in [0.1, 0.15) is 10.4 Å². The second-order valence-corrected chi connectivity index (χ2v) is 5.50. The molecule has 0 aliphatic heterocycles. The molecule has 0 aliphatic carbocycles. The summed E-state index contributed by atoms with van der Waals surface area (Å²) >= 11 is 0. The van der Waals surface area contributed by atoms with Gasteiger partial charge in [-0.3, -0.25) is 4.79 Å². The van der Waals surface area contributed by atoms with E-state index in [0.717, 1.165) is 12.1 Å². The molecule has 5 nitrogen and oxygen atoms in total. The number of carbonyl (C=O) groups is 1. The zero-order valence-corrected chi connectivity index (χ0v) is 10.9. The Hall–Kier alpha value is -1.54. The van der Waals surface area contributed by atoms with Gasteiger partial charge in [0.15, 0.2) is 0 Å². The highest BCUT2D eigenvalue weighted by Crippen LogP contribution is 2.18. The summed E-state index contributed by atoms with van der Waals surface area (Å²) in [6, 6.07) is 4.31. The van der Waals surface area contributed by atoms with Crippen molar-refractivity contribution in [3.63, 3.8) is 0 Å². The van der Waals surface area contributed by atoms with Crippen molar-refractivity contribution in [2.75, 3.05) is 20.3 Å². The first-order valence-corrected chi connectivity index (χ1v) is 6.83. The molecule has 0 saturated heterocycles. The van der Waals surface area contributed by atoms with E-state index in [2.05, 4.69) is 5.32 Å². The first-order chi connectivity index (χ1) is 8.89. The lowest BCUT2D eigenvalue weighted by atomic mass is 10.2. The van der Waals surface area contributed by atoms with Gasteiger partial charge in [0.1, 0.15) is 0 Å². The number of hydrogen-bond acceptors (Lipinski definition) is 4. The molecule has 0 bridgehead atoms. The zero-order chi connectivity index (χ0) is 14.5. The maximum absolute atomic E-state index is 12.3. The zero-order valence-electron chi connectivity index (χ0n) is 10.1. The fraction of sp³-hybridized carbons (Fsp3) is 0.364. The molecule has 8 heteroatoms. The first-order valence-electron chi connectivity index (χ1n) is 5.29. The van der Waals surface area contributed by atoms with Crippen LogP contribution in [0, 0.1) is 0 Å². The van der Waals surface area contributed by atoms with Crippen molar-refractivity contribution >= 4 is 15.7 Å². The largest absolute Gasteiger partial charge is 0.383 e. The van der Waals surface area contributed by atoms with E-state index in [9.17, 15) is 22.0 Å². The number of nitrogens with one attached hydrogen (secondary N) is 1. The van der Waals surface area contributed by atoms with Gasteiger partial charge in [0, 0.05) is 19.2 Å². The summed E-state index contributed by atoms with van der Waals surface area (Å²) in [6.07, 6.45) is 0. The highest BCUT2D eigenvalue weighted by atomic mass is 32.2. The number of alkyl halides is 2. The van der Waals surface area contributed by atoms with E-state index in [1.807, 2.05) is 0 Å². The highest BCUT2D eigenvalue weighted by Gasteiger charge is 2.26. The van der Waals surface area contributed by atoms with E-state index in [0.29, 0.717) is 13.2 Å². The van der Waals surface area contributed by atoms with Crippen LogP contribution in [0.2, 0.25) is 0 Å². The maximum atomic E-state index is 12.3. The summed E-state index contributed by atoms with van der Waals surface area (Å²) in [5.74, 6) is -3.91. The second-order valence-electron chi connectivity index (χ2n) is 3.58. The van der Waals surface area contributed by atoms with Gasteiger partial charge in [-0.2, -0.15) is 8.78 Å². The van der Waals surface area contributed by atoms with Crippen LogP contribution in [0.5, 0.6) is 0 Å². The Morgan fingerprint density at radius 3 is 2.37 bits per heavy atom. The fourth-order valence-electron chi connectivity index (χ4n) is 1.27. The summed E-state index contributed by atoms with van der Waals surface area (Å²) < 4.78 is 51.6. The second kappa shape index (κ2) is 6.58. The van der Waals surface area contributed by atoms with E-state index >= 15 is 0 Å². The fourth-order valence-corrected chi connectivity index (χ4v) is 1.99. The van der Waals surface area contributed by atoms with Gasteiger partial charge in [-0.05, 0) is 24.3 Å². The number of rotatable bonds is 6. The van der Waals surface area contributed by atoms with Crippen LogP contribution in [0.15, 0.2) is 29.2 Å². The lowest BCUT2D eigenvalue weighted by Crippen LogP contribution is -2.26. The summed E-state index contributed by atoms with van der Waals surface area (Å²) in [4.78, 5) is 11.0. The Labute approximate surface area is 109 Å². The van der Waals surface area contributed by atoms with Gasteiger partial charge in [-0.15, -0.1) is 0 Å². The Bertz CT molecular complexity index is 528. The van der Waals surface area contributed by atoms with Crippen molar-refractivity contribution in [3.8, 4) is 0 Å². The normalized spacial score (nSPS) is 11.6. The molecule has 0 unspecified atom stereocenters. The van der Waals surface area contributed by atoms with Crippen molar-refractivity contribution in [1.29, 1.82) is 0 Å². The van der Waals surface area contributed by atoms with Crippen LogP contribution in [0.25, 0.3) is 0 Å². The van der Waals surface area contributed by atoms with Crippen molar-refractivity contribution in [1.82, 2.24) is 5.32 Å². The number of amides is 1. The van der Waals surface area contributed by atoms with Crippen LogP contribution in [0.4, 0.5) is 8.78 Å². The van der Waals surface area contributed by atoms with E-state index in [1.165, 1.54) is 19.2 Å². The highest BCUT2D eigenvalue weighted by molar-refractivity contribution is 7.91. The molecule has 0 heterocycles. The number of hydrogen-bond donors (Lipinski definition) is 1. The first kappa shape index (κ1) is 15.5. The molecule has 0 saturated carbocycles. The lowest BCUT2D eigenvalue weighted by Gasteiger charge is -2.06. The Morgan fingerprint density at radius 2 is 1.89 bits per heavy atom. The number of carbonyl (C=O) groups excluding carboxylic acids is 1. The monoisotopic (exact) mass is 293 g/mol. The Kier molecular flexibility index (Phi) is 5.37. The molecule has 0 aromatic heterocycles. The molecule has 1 aromatic carbocycles. The number of methoxy groups -OCH3 is 1. The molecular formula is C11H13F2NO4S. The molecule has 1 aromatic rings. The molecule has 0 spiro atoms. The molecule has 1 amide bonds. The van der Waals surface area contributed by atoms with Crippen LogP contribution < -0.4 is 5.32 Å². The predicted octanol–water partition coefficient (Wildman–Crippen LogP) is 1.06. The van der Waals surface area contributed by atoms with Crippen molar-refractivity contribution in [2.45, 2.75) is 10.7 Å². The summed E-state index contributed by atoms with van der Waals surface area (Å²) in [7, 11) is -3.14. The predicted molar refractivity (Wildman–Crippen MR) is 63.8 cm³/mol. The topological polar surface area (TPSA) is 72.5 Å². The van der Waals surface area contributed by atoms with Crippen molar-refractivity contribution < 1.29 is 26.7 Å². The van der Waals surface area contributed by atoms with Crippen LogP contribution in [-0.4, -0.2) is 40.3 Å². The molecule has 0 radical (unpaired) electrons. The maximum Gasteiger partial charge on any atom is 0.341 e. The standard InChI is InChI=1S/C11H13F2NO4S/c1-18-7-6-14-10(15)8-2-4-9(5-3-8)19(16,17)11(12)13/h2-5,11H,6-7H2,1H3,(H,14,15). The van der Waals surface area contributed by atoms with Gasteiger partial charge < -0.3 is 10.1 Å². The minimum atomic E-state index is -4.63. The molecular weight excluding hydrogens is 280 g/mol. The third-order valence-electron chi connectivity index (χ3n) is 2.27. The van der Waals surface area contributed by atoms with Gasteiger partial charge in [-0.1, -0.05) is 0 Å². The van der Waals surface area contributed by atoms with E-state index in [4.69, 9.17) is 4.74 Å². The SMILES string of the molecule is COCCNC(=O)c1ccc(S(=O)(=O)C(F)F)cc1. The summed E-state index contributed by atoms with van der Waals surface area (Å²) in [5.41, 5.74) is 0.185. The van der Waals surface area contributed by atoms with E-state index < -0.39 is 26.4 Å². The van der Waals surface area contributed by atoms with E-state index in [-0.39, 0.29) is 5.56 Å². The van der Waals surface area contributed by atoms with Crippen LogP contribution in [-0.2, 0) is 14.6 Å². The summed E-state index contributed by atoms with van der Waals surface area (Å²) in [5, 5.41) is 2.52. The van der Waals surface area contributed by atoms with Crippen LogP contribution in [0.3, 0.4) is 0 Å². The molecule has 1 rings (SSSR count). The third-order valence-corrected chi connectivity index (χ3v) is 3.67. The number of benzene rings is 1. The average molecular weight is 293 g/mol. The van der Waals surface area contributed by atoms with Gasteiger partial charge in [0.2, 0.25) is 9.84 Å². The smallest absolute Gasteiger partial charge is 0.341 e. The van der Waals surface area contributed by atoms with Gasteiger partial charge in [-0.25, -0.2) is 8.42 Å². The van der Waals surface area contributed by atoms with E-state index in [1.54, 1.807) is 0 Å². The van der Waals surface area contributed by atoms with Crippen LogP contribution >= 0.6 is 0 Å². The number of sulfone groups is 1. The van der Waals surface area contributed by atoms with Gasteiger partial charge >= 0.3 is 5.76 Å². The molecule has 1 N–H and O–H groups in total. The number of halogens is 2. The third kappa shape index (κ3) is 3.97. The summed E-state index contributed by atoms with van der Waals surface area (Å²) in [6.45, 7) is 0.635. The minimum Gasteiger partial charge on any atom is -0.383 e. The minimum absolute atomic E-state index is 0.185.